The van der Waals surface area contributed by atoms with Gasteiger partial charge in [-0.15, -0.1) is 12.4 Å². The minimum atomic E-state index is -0.368. The SMILES string of the molecule is Cl.O=C1CN(c2cccc(-c3ccc(CNC4Cc5ccccc5C4)cc3)c2)C(=O)N1. The lowest BCUT2D eigenvalue weighted by Gasteiger charge is -2.15. The molecule has 2 aliphatic rings. The third kappa shape index (κ3) is 4.48. The molecule has 31 heavy (non-hydrogen) atoms. The Morgan fingerprint density at radius 1 is 0.871 bits per heavy atom. The molecule has 1 heterocycles. The number of anilines is 1. The molecule has 0 saturated carbocycles. The Bertz CT molecular complexity index is 1090. The van der Waals surface area contributed by atoms with E-state index in [1.54, 1.807) is 0 Å². The zero-order chi connectivity index (χ0) is 20.5. The number of nitrogens with zero attached hydrogens (tertiary/aromatic N) is 1. The van der Waals surface area contributed by atoms with Gasteiger partial charge in [0.25, 0.3) is 0 Å². The largest absolute Gasteiger partial charge is 0.329 e. The molecular formula is C25H24ClN3O2. The van der Waals surface area contributed by atoms with Gasteiger partial charge in [-0.05, 0) is 52.8 Å². The summed E-state index contributed by atoms with van der Waals surface area (Å²) in [6, 6.07) is 25.0. The number of carbonyl (C=O) groups excluding carboxylic acids is 2. The summed E-state index contributed by atoms with van der Waals surface area (Å²) in [5.74, 6) is -0.271. The Morgan fingerprint density at radius 3 is 2.23 bits per heavy atom. The van der Waals surface area contributed by atoms with Crippen molar-refractivity contribution in [2.24, 2.45) is 0 Å². The van der Waals surface area contributed by atoms with Crippen LogP contribution in [0.4, 0.5) is 10.5 Å². The van der Waals surface area contributed by atoms with Crippen molar-refractivity contribution in [1.29, 1.82) is 0 Å². The molecule has 0 radical (unpaired) electrons. The Kier molecular flexibility index (Phi) is 6.07. The van der Waals surface area contributed by atoms with Crippen LogP contribution in [0.2, 0.25) is 0 Å². The molecule has 1 aliphatic carbocycles. The van der Waals surface area contributed by atoms with Crippen LogP contribution in [-0.2, 0) is 24.2 Å². The summed E-state index contributed by atoms with van der Waals surface area (Å²) in [4.78, 5) is 24.9. The van der Waals surface area contributed by atoms with Crippen molar-refractivity contribution in [3.05, 3.63) is 89.5 Å². The number of rotatable bonds is 5. The van der Waals surface area contributed by atoms with Crippen molar-refractivity contribution in [3.63, 3.8) is 0 Å². The molecule has 3 aromatic carbocycles. The maximum absolute atomic E-state index is 11.9. The van der Waals surface area contributed by atoms with E-state index < -0.39 is 0 Å². The first kappa shape index (κ1) is 21.1. The topological polar surface area (TPSA) is 61.4 Å². The zero-order valence-electron chi connectivity index (χ0n) is 17.0. The van der Waals surface area contributed by atoms with E-state index in [1.165, 1.54) is 21.6 Å². The van der Waals surface area contributed by atoms with E-state index in [9.17, 15) is 9.59 Å². The highest BCUT2D eigenvalue weighted by Gasteiger charge is 2.28. The van der Waals surface area contributed by atoms with Crippen LogP contribution in [0.5, 0.6) is 0 Å². The molecule has 3 aromatic rings. The minimum absolute atomic E-state index is 0. The molecule has 2 N–H and O–H groups in total. The number of benzene rings is 3. The van der Waals surface area contributed by atoms with Gasteiger partial charge >= 0.3 is 6.03 Å². The van der Waals surface area contributed by atoms with Crippen LogP contribution in [0.15, 0.2) is 72.8 Å². The predicted molar refractivity (Wildman–Crippen MR) is 124 cm³/mol. The van der Waals surface area contributed by atoms with Gasteiger partial charge in [0, 0.05) is 18.3 Å². The first-order chi connectivity index (χ1) is 14.7. The Balaban J connectivity index is 0.00000231. The van der Waals surface area contributed by atoms with Gasteiger partial charge in [0.2, 0.25) is 5.91 Å². The van der Waals surface area contributed by atoms with E-state index in [2.05, 4.69) is 59.2 Å². The second-order valence-corrected chi connectivity index (χ2v) is 7.94. The molecule has 158 valence electrons. The van der Waals surface area contributed by atoms with Crippen molar-refractivity contribution < 1.29 is 9.59 Å². The highest BCUT2D eigenvalue weighted by Crippen LogP contribution is 2.26. The number of imide groups is 1. The van der Waals surface area contributed by atoms with Crippen LogP contribution >= 0.6 is 12.4 Å². The third-order valence-electron chi connectivity index (χ3n) is 5.88. The quantitative estimate of drug-likeness (QED) is 0.596. The smallest absolute Gasteiger partial charge is 0.309 e. The minimum Gasteiger partial charge on any atom is -0.309 e. The lowest BCUT2D eigenvalue weighted by atomic mass is 10.0. The lowest BCUT2D eigenvalue weighted by molar-refractivity contribution is -0.117. The second-order valence-electron chi connectivity index (χ2n) is 7.94. The van der Waals surface area contributed by atoms with E-state index in [0.29, 0.717) is 6.04 Å². The van der Waals surface area contributed by atoms with E-state index in [0.717, 1.165) is 36.2 Å². The standard InChI is InChI=1S/C25H23N3O2.ClH/c29-24-16-28(25(30)27-24)23-7-3-6-21(14-23)18-10-8-17(9-11-18)15-26-22-12-19-4-1-2-5-20(19)13-22;/h1-11,14,22,26H,12-13,15-16H2,(H,27,29,30);1H. The molecule has 0 spiro atoms. The van der Waals surface area contributed by atoms with Gasteiger partial charge in [-0.3, -0.25) is 15.0 Å². The number of carbonyl (C=O) groups is 2. The van der Waals surface area contributed by atoms with Crippen LogP contribution in [0.25, 0.3) is 11.1 Å². The number of amides is 3. The molecule has 0 unspecified atom stereocenters. The van der Waals surface area contributed by atoms with Crippen molar-refractivity contribution >= 4 is 30.0 Å². The Morgan fingerprint density at radius 2 is 1.58 bits per heavy atom. The van der Waals surface area contributed by atoms with Gasteiger partial charge in [0.15, 0.2) is 0 Å². The van der Waals surface area contributed by atoms with Crippen molar-refractivity contribution in [2.75, 3.05) is 11.4 Å². The normalized spacial score (nSPS) is 15.5. The number of halogens is 1. The number of nitrogens with one attached hydrogen (secondary N) is 2. The maximum Gasteiger partial charge on any atom is 0.329 e. The van der Waals surface area contributed by atoms with Gasteiger partial charge < -0.3 is 5.32 Å². The van der Waals surface area contributed by atoms with E-state index >= 15 is 0 Å². The summed E-state index contributed by atoms with van der Waals surface area (Å²) in [6.07, 6.45) is 2.18. The number of hydrogen-bond donors (Lipinski definition) is 2. The van der Waals surface area contributed by atoms with Crippen LogP contribution < -0.4 is 15.5 Å². The van der Waals surface area contributed by atoms with Crippen LogP contribution in [0, 0.1) is 0 Å². The van der Waals surface area contributed by atoms with E-state index in [-0.39, 0.29) is 30.9 Å². The molecule has 6 heteroatoms. The average Bonchev–Trinajstić information content (AvgIpc) is 3.34. The van der Waals surface area contributed by atoms with Crippen molar-refractivity contribution in [2.45, 2.75) is 25.4 Å². The van der Waals surface area contributed by atoms with Gasteiger partial charge in [0.05, 0.1) is 0 Å². The molecular weight excluding hydrogens is 410 g/mol. The maximum atomic E-state index is 11.9. The van der Waals surface area contributed by atoms with Crippen LogP contribution in [0.1, 0.15) is 16.7 Å². The molecule has 3 amide bonds. The van der Waals surface area contributed by atoms with Gasteiger partial charge in [0.1, 0.15) is 6.54 Å². The monoisotopic (exact) mass is 433 g/mol. The highest BCUT2D eigenvalue weighted by atomic mass is 35.5. The van der Waals surface area contributed by atoms with E-state index in [4.69, 9.17) is 0 Å². The third-order valence-corrected chi connectivity index (χ3v) is 5.88. The first-order valence-corrected chi connectivity index (χ1v) is 10.3. The molecule has 5 nitrogen and oxygen atoms in total. The molecule has 0 aromatic heterocycles. The zero-order valence-corrected chi connectivity index (χ0v) is 17.8. The summed E-state index contributed by atoms with van der Waals surface area (Å²) in [5, 5.41) is 5.99. The summed E-state index contributed by atoms with van der Waals surface area (Å²) >= 11 is 0. The number of fused-ring (bicyclic) bond motifs is 1. The number of urea groups is 1. The van der Waals surface area contributed by atoms with E-state index in [1.807, 2.05) is 24.3 Å². The molecule has 0 atom stereocenters. The first-order valence-electron chi connectivity index (χ1n) is 10.3. The molecule has 5 rings (SSSR count). The molecule has 0 bridgehead atoms. The fourth-order valence-corrected chi connectivity index (χ4v) is 4.28. The highest BCUT2D eigenvalue weighted by molar-refractivity contribution is 6.12. The van der Waals surface area contributed by atoms with Gasteiger partial charge in [-0.1, -0.05) is 60.7 Å². The van der Waals surface area contributed by atoms with Crippen molar-refractivity contribution in [3.8, 4) is 11.1 Å². The average molecular weight is 434 g/mol. The number of hydrogen-bond acceptors (Lipinski definition) is 3. The van der Waals surface area contributed by atoms with Crippen LogP contribution in [-0.4, -0.2) is 24.5 Å². The summed E-state index contributed by atoms with van der Waals surface area (Å²) in [5.41, 5.74) is 6.99. The Labute approximate surface area is 187 Å². The van der Waals surface area contributed by atoms with Crippen molar-refractivity contribution in [1.82, 2.24) is 10.6 Å². The molecule has 1 saturated heterocycles. The molecule has 1 aliphatic heterocycles. The fraction of sp³-hybridized carbons (Fsp3) is 0.200. The van der Waals surface area contributed by atoms with Gasteiger partial charge in [-0.25, -0.2) is 4.79 Å². The summed E-state index contributed by atoms with van der Waals surface area (Å²) in [6.45, 7) is 0.910. The lowest BCUT2D eigenvalue weighted by Crippen LogP contribution is -2.28. The predicted octanol–water partition coefficient (Wildman–Crippen LogP) is 4.09. The molecule has 1 fully saturated rings. The fourth-order valence-electron chi connectivity index (χ4n) is 4.28. The second kappa shape index (κ2) is 8.92. The van der Waals surface area contributed by atoms with Crippen LogP contribution in [0.3, 0.4) is 0 Å². The summed E-state index contributed by atoms with van der Waals surface area (Å²) in [7, 11) is 0. The Hall–Kier alpha value is -3.15. The van der Waals surface area contributed by atoms with Gasteiger partial charge in [-0.2, -0.15) is 0 Å². The summed E-state index contributed by atoms with van der Waals surface area (Å²) < 4.78 is 0.